The van der Waals surface area contributed by atoms with Crippen LogP contribution in [0.4, 0.5) is 5.69 Å². The first-order valence-electron chi connectivity index (χ1n) is 9.83. The molecule has 1 aromatic carbocycles. The zero-order chi connectivity index (χ0) is 20.5. The summed E-state index contributed by atoms with van der Waals surface area (Å²) in [7, 11) is 1.73. The molecule has 1 saturated heterocycles. The molecule has 0 aliphatic carbocycles. The number of nitrogens with zero attached hydrogens (tertiary/aromatic N) is 2. The van der Waals surface area contributed by atoms with Crippen molar-refractivity contribution in [2.24, 2.45) is 4.99 Å². The number of carbonyl (C=O) groups excluding carboxylic acids is 2. The first-order valence-corrected chi connectivity index (χ1v) is 10.7. The molecule has 7 nitrogen and oxygen atoms in total. The van der Waals surface area contributed by atoms with Crippen LogP contribution in [0.15, 0.2) is 46.8 Å². The molecule has 0 unspecified atom stereocenters. The maximum Gasteiger partial charge on any atom is 0.261 e. The van der Waals surface area contributed by atoms with E-state index in [0.717, 1.165) is 35.5 Å². The molecule has 0 saturated carbocycles. The predicted molar refractivity (Wildman–Crippen MR) is 133 cm³/mol. The van der Waals surface area contributed by atoms with Gasteiger partial charge in [-0.05, 0) is 42.0 Å². The second-order valence-corrected chi connectivity index (χ2v) is 7.70. The maximum atomic E-state index is 11.9. The highest BCUT2D eigenvalue weighted by atomic mass is 127. The third-order valence-electron chi connectivity index (χ3n) is 4.68. The van der Waals surface area contributed by atoms with Crippen molar-refractivity contribution in [3.05, 3.63) is 52.2 Å². The molecule has 3 N–H and O–H groups in total. The highest BCUT2D eigenvalue weighted by Crippen LogP contribution is 2.21. The fraction of sp³-hybridized carbons (Fsp3) is 0.381. The van der Waals surface area contributed by atoms with E-state index < -0.39 is 0 Å². The molecule has 9 heteroatoms. The molecule has 3 rings (SSSR count). The molecule has 2 amide bonds. The Bertz CT molecular complexity index is 840. The van der Waals surface area contributed by atoms with E-state index in [9.17, 15) is 9.59 Å². The molecular formula is C21H28IN5O2S. The van der Waals surface area contributed by atoms with Crippen LogP contribution in [0.2, 0.25) is 0 Å². The quantitative estimate of drug-likeness (QED) is 0.208. The van der Waals surface area contributed by atoms with Gasteiger partial charge in [0.2, 0.25) is 5.91 Å². The van der Waals surface area contributed by atoms with E-state index in [1.54, 1.807) is 7.05 Å². The fourth-order valence-corrected chi connectivity index (χ4v) is 3.75. The van der Waals surface area contributed by atoms with E-state index in [1.165, 1.54) is 11.3 Å². The van der Waals surface area contributed by atoms with Crippen molar-refractivity contribution in [1.82, 2.24) is 16.0 Å². The summed E-state index contributed by atoms with van der Waals surface area (Å²) in [5.74, 6) is 0.891. The second-order valence-electron chi connectivity index (χ2n) is 6.75. The molecule has 1 aliphatic heterocycles. The number of amides is 2. The fourth-order valence-electron chi connectivity index (χ4n) is 3.11. The predicted octanol–water partition coefficient (Wildman–Crippen LogP) is 2.98. The van der Waals surface area contributed by atoms with Crippen molar-refractivity contribution in [3.8, 4) is 0 Å². The van der Waals surface area contributed by atoms with Gasteiger partial charge in [-0.3, -0.25) is 14.6 Å². The van der Waals surface area contributed by atoms with Gasteiger partial charge in [-0.25, -0.2) is 0 Å². The average molecular weight is 541 g/mol. The zero-order valence-corrected chi connectivity index (χ0v) is 20.2. The number of hydrogen-bond acceptors (Lipinski definition) is 4. The van der Waals surface area contributed by atoms with Crippen LogP contribution in [0.1, 0.15) is 34.5 Å². The Labute approximate surface area is 198 Å². The van der Waals surface area contributed by atoms with Gasteiger partial charge in [0, 0.05) is 45.3 Å². The lowest BCUT2D eigenvalue weighted by molar-refractivity contribution is -0.117. The Kier molecular flexibility index (Phi) is 10.1. The number of rotatable bonds is 8. The molecule has 162 valence electrons. The number of thiophene rings is 1. The van der Waals surface area contributed by atoms with Crippen LogP contribution in [-0.2, 0) is 11.3 Å². The minimum atomic E-state index is -0.0263. The van der Waals surface area contributed by atoms with Gasteiger partial charge >= 0.3 is 0 Å². The number of nitrogens with one attached hydrogen (secondary N) is 3. The van der Waals surface area contributed by atoms with Crippen molar-refractivity contribution in [2.75, 3.05) is 31.6 Å². The summed E-state index contributed by atoms with van der Waals surface area (Å²) >= 11 is 1.44. The normalized spacial score (nSPS) is 13.7. The largest absolute Gasteiger partial charge is 0.356 e. The number of aliphatic imine (C=N–C) groups is 1. The first-order chi connectivity index (χ1) is 14.2. The molecule has 1 fully saturated rings. The van der Waals surface area contributed by atoms with Crippen molar-refractivity contribution < 1.29 is 9.59 Å². The van der Waals surface area contributed by atoms with Crippen LogP contribution in [-0.4, -0.2) is 44.5 Å². The standard InChI is InChI=1S/C21H27N5O2S.HI/c1-22-21(24-12-4-11-23-20(28)18-5-3-14-29-18)25-15-16-7-9-17(10-8-16)26-13-2-6-19(26)27;/h3,5,7-10,14H,2,4,6,11-13,15H2,1H3,(H,23,28)(H2,22,24,25);1H. The van der Waals surface area contributed by atoms with E-state index in [4.69, 9.17) is 0 Å². The maximum absolute atomic E-state index is 11.9. The van der Waals surface area contributed by atoms with Gasteiger partial charge in [0.15, 0.2) is 5.96 Å². The van der Waals surface area contributed by atoms with E-state index in [0.29, 0.717) is 32.0 Å². The Morgan fingerprint density at radius 2 is 1.90 bits per heavy atom. The molecule has 0 atom stereocenters. The van der Waals surface area contributed by atoms with Crippen molar-refractivity contribution in [1.29, 1.82) is 0 Å². The first kappa shape index (κ1) is 24.1. The molecule has 30 heavy (non-hydrogen) atoms. The summed E-state index contributed by atoms with van der Waals surface area (Å²) < 4.78 is 0. The molecular weight excluding hydrogens is 513 g/mol. The number of halogens is 1. The van der Waals surface area contributed by atoms with Crippen molar-refractivity contribution in [2.45, 2.75) is 25.8 Å². The molecule has 0 spiro atoms. The van der Waals surface area contributed by atoms with Gasteiger partial charge < -0.3 is 20.9 Å². The smallest absolute Gasteiger partial charge is 0.261 e. The summed E-state index contributed by atoms with van der Waals surface area (Å²) in [6.07, 6.45) is 2.38. The van der Waals surface area contributed by atoms with Crippen LogP contribution in [0.3, 0.4) is 0 Å². The second kappa shape index (κ2) is 12.5. The summed E-state index contributed by atoms with van der Waals surface area (Å²) in [6.45, 7) is 2.77. The molecule has 2 aromatic rings. The van der Waals surface area contributed by atoms with Crippen molar-refractivity contribution in [3.63, 3.8) is 0 Å². The zero-order valence-electron chi connectivity index (χ0n) is 17.0. The Morgan fingerprint density at radius 3 is 2.53 bits per heavy atom. The molecule has 2 heterocycles. The van der Waals surface area contributed by atoms with Gasteiger partial charge in [0.05, 0.1) is 4.88 Å². The monoisotopic (exact) mass is 541 g/mol. The van der Waals surface area contributed by atoms with E-state index >= 15 is 0 Å². The number of hydrogen-bond donors (Lipinski definition) is 3. The molecule has 1 aliphatic rings. The Morgan fingerprint density at radius 1 is 1.13 bits per heavy atom. The Balaban J connectivity index is 0.00000320. The van der Waals surface area contributed by atoms with Crippen LogP contribution in [0.5, 0.6) is 0 Å². The topological polar surface area (TPSA) is 85.8 Å². The highest BCUT2D eigenvalue weighted by molar-refractivity contribution is 14.0. The number of guanidine groups is 1. The third-order valence-corrected chi connectivity index (χ3v) is 5.55. The number of benzene rings is 1. The Hall–Kier alpha value is -2.14. The van der Waals surface area contributed by atoms with Gasteiger partial charge in [0.25, 0.3) is 5.91 Å². The molecule has 0 radical (unpaired) electrons. The van der Waals surface area contributed by atoms with Crippen LogP contribution >= 0.6 is 35.3 Å². The summed E-state index contributed by atoms with van der Waals surface area (Å²) in [6, 6.07) is 11.7. The minimum absolute atomic E-state index is 0. The minimum Gasteiger partial charge on any atom is -0.356 e. The molecule has 0 bridgehead atoms. The van der Waals surface area contributed by atoms with Gasteiger partial charge in [-0.15, -0.1) is 35.3 Å². The van der Waals surface area contributed by atoms with Gasteiger partial charge in [0.1, 0.15) is 0 Å². The highest BCUT2D eigenvalue weighted by Gasteiger charge is 2.21. The molecule has 1 aromatic heterocycles. The SMILES string of the molecule is CN=C(NCCCNC(=O)c1cccs1)NCc1ccc(N2CCCC2=O)cc1.I. The van der Waals surface area contributed by atoms with E-state index in [-0.39, 0.29) is 35.8 Å². The summed E-state index contributed by atoms with van der Waals surface area (Å²) in [4.78, 5) is 30.5. The lowest BCUT2D eigenvalue weighted by atomic mass is 10.2. The van der Waals surface area contributed by atoms with Crippen LogP contribution in [0.25, 0.3) is 0 Å². The van der Waals surface area contributed by atoms with E-state index in [1.807, 2.05) is 46.7 Å². The third kappa shape index (κ3) is 6.98. The number of carbonyl (C=O) groups is 2. The van der Waals surface area contributed by atoms with Gasteiger partial charge in [-0.1, -0.05) is 18.2 Å². The summed E-state index contributed by atoms with van der Waals surface area (Å²) in [5, 5.41) is 11.3. The van der Waals surface area contributed by atoms with Crippen molar-refractivity contribution >= 4 is 58.8 Å². The van der Waals surface area contributed by atoms with Crippen LogP contribution < -0.4 is 20.9 Å². The van der Waals surface area contributed by atoms with Gasteiger partial charge in [-0.2, -0.15) is 0 Å². The number of anilines is 1. The average Bonchev–Trinajstić information content (AvgIpc) is 3.42. The lowest BCUT2D eigenvalue weighted by Crippen LogP contribution is -2.38. The van der Waals surface area contributed by atoms with E-state index in [2.05, 4.69) is 20.9 Å². The summed E-state index contributed by atoms with van der Waals surface area (Å²) in [5.41, 5.74) is 2.08. The lowest BCUT2D eigenvalue weighted by Gasteiger charge is -2.16. The van der Waals surface area contributed by atoms with Crippen LogP contribution in [0, 0.1) is 0 Å².